The van der Waals surface area contributed by atoms with Crippen LogP contribution >= 0.6 is 0 Å². The lowest BCUT2D eigenvalue weighted by Crippen LogP contribution is -2.14. The van der Waals surface area contributed by atoms with Gasteiger partial charge in [-0.25, -0.2) is 0 Å². The number of hydrogen-bond donors (Lipinski definition) is 1. The lowest BCUT2D eigenvalue weighted by molar-refractivity contribution is -0.114. The summed E-state index contributed by atoms with van der Waals surface area (Å²) in [7, 11) is 0. The number of carbonyl (C=O) groups is 1. The van der Waals surface area contributed by atoms with Gasteiger partial charge in [-0.3, -0.25) is 4.79 Å². The third-order valence-electron chi connectivity index (χ3n) is 3.11. The highest BCUT2D eigenvalue weighted by Crippen LogP contribution is 2.16. The molecule has 0 unspecified atom stereocenters. The first-order chi connectivity index (χ1) is 7.30. The third kappa shape index (κ3) is 5.60. The highest BCUT2D eigenvalue weighted by atomic mass is 16.1. The number of amides is 1. The summed E-state index contributed by atoms with van der Waals surface area (Å²) in [6.45, 7) is 0. The van der Waals surface area contributed by atoms with Gasteiger partial charge in [0.25, 0.3) is 0 Å². The van der Waals surface area contributed by atoms with Gasteiger partial charge in [0.05, 0.1) is 0 Å². The van der Waals surface area contributed by atoms with E-state index in [1.165, 1.54) is 44.9 Å². The Morgan fingerprint density at radius 1 is 0.933 bits per heavy atom. The summed E-state index contributed by atoms with van der Waals surface area (Å²) in [5, 5.41) is 0. The first-order valence-corrected chi connectivity index (χ1v) is 6.29. The maximum absolute atomic E-state index is 11.1. The first kappa shape index (κ1) is 12.3. The summed E-state index contributed by atoms with van der Waals surface area (Å²) < 4.78 is 0. The summed E-state index contributed by atoms with van der Waals surface area (Å²) in [5.41, 5.74) is 6.20. The topological polar surface area (TPSA) is 43.1 Å². The second-order valence-electron chi connectivity index (χ2n) is 4.46. The molecule has 0 saturated heterocycles. The van der Waals surface area contributed by atoms with Crippen molar-refractivity contribution in [3.8, 4) is 0 Å². The Hall–Kier alpha value is -0.790. The van der Waals surface area contributed by atoms with Crippen LogP contribution in [-0.4, -0.2) is 5.91 Å². The lowest BCUT2D eigenvalue weighted by Gasteiger charge is -2.06. The summed E-state index contributed by atoms with van der Waals surface area (Å²) >= 11 is 0. The molecule has 1 rings (SSSR count). The Labute approximate surface area is 92.9 Å². The molecule has 0 atom stereocenters. The van der Waals surface area contributed by atoms with Crippen molar-refractivity contribution in [3.63, 3.8) is 0 Å². The number of allylic oxidation sites excluding steroid dienone is 1. The van der Waals surface area contributed by atoms with Crippen LogP contribution in [0.15, 0.2) is 11.6 Å². The summed E-state index contributed by atoms with van der Waals surface area (Å²) in [6, 6.07) is 0. The van der Waals surface area contributed by atoms with Gasteiger partial charge in [-0.2, -0.15) is 0 Å². The molecule has 1 amide bonds. The summed E-state index contributed by atoms with van der Waals surface area (Å²) in [6.07, 6.45) is 14.2. The summed E-state index contributed by atoms with van der Waals surface area (Å²) in [4.78, 5) is 11.1. The predicted molar refractivity (Wildman–Crippen MR) is 63.4 cm³/mol. The molecular formula is C13H23NO. The largest absolute Gasteiger partial charge is 0.366 e. The molecule has 0 fully saturated rings. The lowest BCUT2D eigenvalue weighted by atomic mass is 10.0. The zero-order valence-electron chi connectivity index (χ0n) is 9.63. The fourth-order valence-corrected chi connectivity index (χ4v) is 2.12. The number of hydrogen-bond acceptors (Lipinski definition) is 1. The minimum absolute atomic E-state index is 0.216. The van der Waals surface area contributed by atoms with Gasteiger partial charge in [-0.05, 0) is 25.7 Å². The zero-order valence-corrected chi connectivity index (χ0v) is 9.63. The first-order valence-electron chi connectivity index (χ1n) is 6.29. The van der Waals surface area contributed by atoms with Crippen LogP contribution in [0.2, 0.25) is 0 Å². The average molecular weight is 209 g/mol. The molecule has 0 radical (unpaired) electrons. The molecule has 15 heavy (non-hydrogen) atoms. The molecule has 0 aromatic heterocycles. The van der Waals surface area contributed by atoms with Crippen molar-refractivity contribution in [2.75, 3.05) is 0 Å². The van der Waals surface area contributed by atoms with E-state index >= 15 is 0 Å². The molecule has 2 heteroatoms. The smallest absolute Gasteiger partial charge is 0.244 e. The molecule has 86 valence electrons. The predicted octanol–water partition coefficient (Wildman–Crippen LogP) is 3.31. The quantitative estimate of drug-likeness (QED) is 0.707. The van der Waals surface area contributed by atoms with Crippen molar-refractivity contribution < 1.29 is 4.79 Å². The van der Waals surface area contributed by atoms with Gasteiger partial charge < -0.3 is 5.73 Å². The van der Waals surface area contributed by atoms with E-state index in [9.17, 15) is 4.79 Å². The Balaban J connectivity index is 2.42. The number of carbonyl (C=O) groups excluding carboxylic acids is 1. The van der Waals surface area contributed by atoms with Crippen molar-refractivity contribution in [1.29, 1.82) is 0 Å². The minimum Gasteiger partial charge on any atom is -0.366 e. The van der Waals surface area contributed by atoms with Crippen LogP contribution in [0, 0.1) is 0 Å². The van der Waals surface area contributed by atoms with Gasteiger partial charge in [0, 0.05) is 5.57 Å². The van der Waals surface area contributed by atoms with Gasteiger partial charge in [-0.15, -0.1) is 0 Å². The average Bonchev–Trinajstić information content (AvgIpc) is 2.18. The van der Waals surface area contributed by atoms with Crippen molar-refractivity contribution in [1.82, 2.24) is 0 Å². The molecule has 2 N–H and O–H groups in total. The zero-order chi connectivity index (χ0) is 10.9. The second-order valence-corrected chi connectivity index (χ2v) is 4.46. The van der Waals surface area contributed by atoms with Gasteiger partial charge in [0.1, 0.15) is 0 Å². The molecule has 0 aromatic carbocycles. The Morgan fingerprint density at radius 3 is 2.07 bits per heavy atom. The minimum atomic E-state index is -0.216. The van der Waals surface area contributed by atoms with E-state index in [-0.39, 0.29) is 5.91 Å². The number of primary amides is 1. The maximum atomic E-state index is 11.1. The van der Waals surface area contributed by atoms with Crippen LogP contribution in [0.1, 0.15) is 64.2 Å². The SMILES string of the molecule is NC(=O)/C1=C/CCCCCCCCCC1. The van der Waals surface area contributed by atoms with E-state index in [4.69, 9.17) is 5.73 Å². The molecule has 1 aliphatic carbocycles. The second kappa shape index (κ2) is 7.49. The molecule has 0 spiro atoms. The van der Waals surface area contributed by atoms with Crippen molar-refractivity contribution in [3.05, 3.63) is 11.6 Å². The number of nitrogens with two attached hydrogens (primary N) is 1. The van der Waals surface area contributed by atoms with Crippen LogP contribution in [0.25, 0.3) is 0 Å². The van der Waals surface area contributed by atoms with E-state index < -0.39 is 0 Å². The van der Waals surface area contributed by atoms with E-state index in [2.05, 4.69) is 6.08 Å². The van der Waals surface area contributed by atoms with Crippen molar-refractivity contribution >= 4 is 5.91 Å². The highest BCUT2D eigenvalue weighted by Gasteiger charge is 2.04. The van der Waals surface area contributed by atoms with E-state index in [0.29, 0.717) is 0 Å². The monoisotopic (exact) mass is 209 g/mol. The Kier molecular flexibility index (Phi) is 6.14. The number of rotatable bonds is 1. The fourth-order valence-electron chi connectivity index (χ4n) is 2.12. The van der Waals surface area contributed by atoms with E-state index in [1.54, 1.807) is 0 Å². The van der Waals surface area contributed by atoms with Crippen molar-refractivity contribution in [2.24, 2.45) is 5.73 Å². The van der Waals surface area contributed by atoms with Gasteiger partial charge in [-0.1, -0.05) is 44.6 Å². The molecule has 0 bridgehead atoms. The molecule has 0 saturated carbocycles. The maximum Gasteiger partial charge on any atom is 0.244 e. The molecule has 0 aliphatic heterocycles. The van der Waals surface area contributed by atoms with Crippen LogP contribution in [0.3, 0.4) is 0 Å². The van der Waals surface area contributed by atoms with E-state index in [1.807, 2.05) is 0 Å². The third-order valence-corrected chi connectivity index (χ3v) is 3.11. The van der Waals surface area contributed by atoms with Crippen LogP contribution in [0.5, 0.6) is 0 Å². The molecule has 2 nitrogen and oxygen atoms in total. The van der Waals surface area contributed by atoms with Crippen molar-refractivity contribution in [2.45, 2.75) is 64.2 Å². The molecule has 0 heterocycles. The highest BCUT2D eigenvalue weighted by molar-refractivity contribution is 5.91. The van der Waals surface area contributed by atoms with E-state index in [0.717, 1.165) is 24.8 Å². The molecular weight excluding hydrogens is 186 g/mol. The summed E-state index contributed by atoms with van der Waals surface area (Å²) in [5.74, 6) is -0.216. The van der Waals surface area contributed by atoms with Crippen LogP contribution in [-0.2, 0) is 4.79 Å². The van der Waals surface area contributed by atoms with Crippen LogP contribution < -0.4 is 5.73 Å². The Morgan fingerprint density at radius 2 is 1.47 bits per heavy atom. The molecule has 1 aliphatic rings. The standard InChI is InChI=1S/C13H23NO/c14-13(15)12-10-8-6-4-2-1-3-5-7-9-11-12/h10H,1-9,11H2,(H2,14,15)/b12-10+. The van der Waals surface area contributed by atoms with Gasteiger partial charge >= 0.3 is 0 Å². The van der Waals surface area contributed by atoms with Gasteiger partial charge in [0.2, 0.25) is 5.91 Å². The van der Waals surface area contributed by atoms with Gasteiger partial charge in [0.15, 0.2) is 0 Å². The Bertz CT molecular complexity index is 221. The fraction of sp³-hybridized carbons (Fsp3) is 0.769. The normalized spacial score (nSPS) is 24.4. The molecule has 0 aromatic rings. The van der Waals surface area contributed by atoms with Crippen LogP contribution in [0.4, 0.5) is 0 Å².